The molecule has 1 aliphatic rings. The Kier molecular flexibility index (Phi) is 6.50. The number of nitrogens with one attached hydrogen (secondary N) is 1. The largest absolute Gasteiger partial charge is 0.493 e. The first-order chi connectivity index (χ1) is 12.0. The fourth-order valence-corrected chi connectivity index (χ4v) is 3.23. The first-order valence-corrected chi connectivity index (χ1v) is 8.31. The van der Waals surface area contributed by atoms with E-state index in [2.05, 4.69) is 5.32 Å². The number of carboxylic acid groups (broad SMARTS) is 1. The van der Waals surface area contributed by atoms with Gasteiger partial charge >= 0.3 is 5.97 Å². The van der Waals surface area contributed by atoms with Gasteiger partial charge in [-0.25, -0.2) is 0 Å². The molecule has 7 heteroatoms. The zero-order valence-corrected chi connectivity index (χ0v) is 14.8. The van der Waals surface area contributed by atoms with Gasteiger partial charge in [0, 0.05) is 6.54 Å². The van der Waals surface area contributed by atoms with Crippen LogP contribution in [0.1, 0.15) is 36.0 Å². The lowest BCUT2D eigenvalue weighted by atomic mass is 9.82. The summed E-state index contributed by atoms with van der Waals surface area (Å²) in [6.45, 7) is 0.517. The molecule has 25 heavy (non-hydrogen) atoms. The Morgan fingerprint density at radius 3 is 2.20 bits per heavy atom. The molecule has 0 aliphatic heterocycles. The van der Waals surface area contributed by atoms with Crippen LogP contribution in [0.15, 0.2) is 12.1 Å². The first kappa shape index (κ1) is 18.9. The van der Waals surface area contributed by atoms with Crippen molar-refractivity contribution in [3.8, 4) is 17.2 Å². The van der Waals surface area contributed by atoms with Gasteiger partial charge in [-0.15, -0.1) is 0 Å². The van der Waals surface area contributed by atoms with Crippen LogP contribution in [0.25, 0.3) is 0 Å². The summed E-state index contributed by atoms with van der Waals surface area (Å²) in [7, 11) is 4.48. The highest BCUT2D eigenvalue weighted by Gasteiger charge is 2.27. The van der Waals surface area contributed by atoms with E-state index in [9.17, 15) is 9.59 Å². The van der Waals surface area contributed by atoms with Crippen molar-refractivity contribution in [3.63, 3.8) is 0 Å². The molecule has 1 aromatic carbocycles. The molecule has 1 saturated carbocycles. The molecule has 1 fully saturated rings. The monoisotopic (exact) mass is 351 g/mol. The predicted molar refractivity (Wildman–Crippen MR) is 91.5 cm³/mol. The lowest BCUT2D eigenvalue weighted by molar-refractivity contribution is -0.143. The summed E-state index contributed by atoms with van der Waals surface area (Å²) in [5.41, 5.74) is 0.374. The number of amides is 1. The van der Waals surface area contributed by atoms with Crippen molar-refractivity contribution in [3.05, 3.63) is 17.7 Å². The molecule has 0 saturated heterocycles. The molecule has 7 nitrogen and oxygen atoms in total. The van der Waals surface area contributed by atoms with Gasteiger partial charge in [-0.2, -0.15) is 0 Å². The molecule has 0 atom stereocenters. The van der Waals surface area contributed by atoms with Crippen LogP contribution in [-0.4, -0.2) is 44.9 Å². The Morgan fingerprint density at radius 2 is 1.68 bits per heavy atom. The molecule has 1 aliphatic carbocycles. The third-order valence-electron chi connectivity index (χ3n) is 4.70. The number of hydrogen-bond acceptors (Lipinski definition) is 5. The lowest BCUT2D eigenvalue weighted by Crippen LogP contribution is -2.32. The highest BCUT2D eigenvalue weighted by Crippen LogP contribution is 2.39. The van der Waals surface area contributed by atoms with E-state index in [-0.39, 0.29) is 11.8 Å². The maximum absolute atomic E-state index is 12.5. The molecule has 138 valence electrons. The number of rotatable bonds is 7. The molecule has 1 amide bonds. The Hall–Kier alpha value is -2.44. The zero-order chi connectivity index (χ0) is 18.4. The fraction of sp³-hybridized carbons (Fsp3) is 0.556. The maximum Gasteiger partial charge on any atom is 0.306 e. The van der Waals surface area contributed by atoms with Crippen LogP contribution in [0.4, 0.5) is 0 Å². The molecule has 2 rings (SSSR count). The van der Waals surface area contributed by atoms with Crippen LogP contribution in [-0.2, 0) is 4.79 Å². The van der Waals surface area contributed by atoms with E-state index in [0.717, 1.165) is 12.8 Å². The number of ether oxygens (including phenoxy) is 3. The quantitative estimate of drug-likeness (QED) is 0.783. The third-order valence-corrected chi connectivity index (χ3v) is 4.70. The van der Waals surface area contributed by atoms with Crippen LogP contribution in [0.3, 0.4) is 0 Å². The van der Waals surface area contributed by atoms with Crippen LogP contribution < -0.4 is 19.5 Å². The van der Waals surface area contributed by atoms with Gasteiger partial charge in [-0.1, -0.05) is 0 Å². The Morgan fingerprint density at radius 1 is 1.04 bits per heavy atom. The average molecular weight is 351 g/mol. The number of methoxy groups -OCH3 is 3. The maximum atomic E-state index is 12.5. The molecule has 0 aromatic heterocycles. The summed E-state index contributed by atoms with van der Waals surface area (Å²) in [5.74, 6) is 0.260. The number of carboxylic acids is 1. The first-order valence-electron chi connectivity index (χ1n) is 8.31. The third kappa shape index (κ3) is 4.35. The smallest absolute Gasteiger partial charge is 0.306 e. The molecule has 0 bridgehead atoms. The molecular weight excluding hydrogens is 326 g/mol. The van der Waals surface area contributed by atoms with Crippen LogP contribution in [0, 0.1) is 11.8 Å². The minimum absolute atomic E-state index is 0.252. The van der Waals surface area contributed by atoms with Crippen molar-refractivity contribution in [1.29, 1.82) is 0 Å². The minimum atomic E-state index is -0.724. The number of benzene rings is 1. The second kappa shape index (κ2) is 8.60. The predicted octanol–water partition coefficient (Wildman–Crippen LogP) is 2.33. The van der Waals surface area contributed by atoms with E-state index in [0.29, 0.717) is 48.1 Å². The Labute approximate surface area is 147 Å². The van der Waals surface area contributed by atoms with Gasteiger partial charge < -0.3 is 24.6 Å². The van der Waals surface area contributed by atoms with E-state index in [4.69, 9.17) is 19.3 Å². The Bertz CT molecular complexity index is 622. The average Bonchev–Trinajstić information content (AvgIpc) is 2.64. The second-order valence-corrected chi connectivity index (χ2v) is 6.15. The summed E-state index contributed by atoms with van der Waals surface area (Å²) >= 11 is 0. The van der Waals surface area contributed by atoms with Crippen molar-refractivity contribution in [2.75, 3.05) is 27.9 Å². The summed E-state index contributed by atoms with van der Waals surface area (Å²) in [6.07, 6.45) is 2.94. The molecule has 0 heterocycles. The highest BCUT2D eigenvalue weighted by atomic mass is 16.5. The zero-order valence-electron chi connectivity index (χ0n) is 14.8. The van der Waals surface area contributed by atoms with E-state index >= 15 is 0 Å². The topological polar surface area (TPSA) is 94.1 Å². The van der Waals surface area contributed by atoms with E-state index in [1.165, 1.54) is 21.3 Å². The number of hydrogen-bond donors (Lipinski definition) is 2. The second-order valence-electron chi connectivity index (χ2n) is 6.15. The number of aliphatic carboxylic acids is 1. The van der Waals surface area contributed by atoms with Gasteiger partial charge in [-0.3, -0.25) is 9.59 Å². The van der Waals surface area contributed by atoms with E-state index < -0.39 is 5.97 Å². The van der Waals surface area contributed by atoms with Crippen molar-refractivity contribution in [2.24, 2.45) is 11.8 Å². The molecular formula is C18H25NO6. The van der Waals surface area contributed by atoms with E-state index in [1.54, 1.807) is 12.1 Å². The van der Waals surface area contributed by atoms with Crippen LogP contribution >= 0.6 is 0 Å². The minimum Gasteiger partial charge on any atom is -0.493 e. The van der Waals surface area contributed by atoms with Gasteiger partial charge in [-0.05, 0) is 43.7 Å². The summed E-state index contributed by atoms with van der Waals surface area (Å²) in [5, 5.41) is 11.9. The fourth-order valence-electron chi connectivity index (χ4n) is 3.23. The SMILES string of the molecule is COc1ccc(C(=O)NCC2CCC(C(=O)O)CC2)c(OC)c1OC. The molecule has 0 spiro atoms. The van der Waals surface area contributed by atoms with Crippen molar-refractivity contribution >= 4 is 11.9 Å². The van der Waals surface area contributed by atoms with Gasteiger partial charge in [0.2, 0.25) is 5.75 Å². The number of carbonyl (C=O) groups excluding carboxylic acids is 1. The van der Waals surface area contributed by atoms with Crippen LogP contribution in [0.5, 0.6) is 17.2 Å². The van der Waals surface area contributed by atoms with Gasteiger partial charge in [0.05, 0.1) is 32.8 Å². The standard InChI is InChI=1S/C18H25NO6/c1-23-14-9-8-13(15(24-2)16(14)25-3)17(20)19-10-11-4-6-12(7-5-11)18(21)22/h8-9,11-12H,4-7,10H2,1-3H3,(H,19,20)(H,21,22). The van der Waals surface area contributed by atoms with Crippen LogP contribution in [0.2, 0.25) is 0 Å². The normalized spacial score (nSPS) is 19.8. The Balaban J connectivity index is 2.01. The molecule has 0 radical (unpaired) electrons. The van der Waals surface area contributed by atoms with Gasteiger partial charge in [0.25, 0.3) is 5.91 Å². The van der Waals surface area contributed by atoms with Gasteiger partial charge in [0.15, 0.2) is 11.5 Å². The molecule has 0 unspecified atom stereocenters. The molecule has 2 N–H and O–H groups in total. The van der Waals surface area contributed by atoms with Gasteiger partial charge in [0.1, 0.15) is 0 Å². The van der Waals surface area contributed by atoms with Crippen molar-refractivity contribution in [1.82, 2.24) is 5.32 Å². The highest BCUT2D eigenvalue weighted by molar-refractivity contribution is 5.98. The lowest BCUT2D eigenvalue weighted by Gasteiger charge is -2.26. The van der Waals surface area contributed by atoms with E-state index in [1.807, 2.05) is 0 Å². The molecule has 1 aromatic rings. The van der Waals surface area contributed by atoms with Crippen molar-refractivity contribution < 1.29 is 28.9 Å². The summed E-state index contributed by atoms with van der Waals surface area (Å²) in [4.78, 5) is 23.5. The van der Waals surface area contributed by atoms with Crippen molar-refractivity contribution in [2.45, 2.75) is 25.7 Å². The summed E-state index contributed by atoms with van der Waals surface area (Å²) in [6, 6.07) is 3.30. The number of carbonyl (C=O) groups is 2. The summed E-state index contributed by atoms with van der Waals surface area (Å²) < 4.78 is 15.8.